The molecule has 0 aromatic heterocycles. The van der Waals surface area contributed by atoms with Crippen LogP contribution in [0.25, 0.3) is 11.1 Å². The van der Waals surface area contributed by atoms with Crippen molar-refractivity contribution in [1.29, 1.82) is 0 Å². The molecule has 3 aromatic carbocycles. The largest absolute Gasteiger partial charge is 0.496 e. The highest BCUT2D eigenvalue weighted by Crippen LogP contribution is 2.38. The third-order valence-corrected chi connectivity index (χ3v) is 5.03. The first-order valence-corrected chi connectivity index (χ1v) is 9.60. The zero-order valence-corrected chi connectivity index (χ0v) is 16.3. The second-order valence-corrected chi connectivity index (χ2v) is 6.91. The molecule has 1 N–H and O–H groups in total. The monoisotopic (exact) mass is 375 g/mol. The molecule has 28 heavy (non-hydrogen) atoms. The molecule has 1 heterocycles. The SMILES string of the molecule is COc1ccc(CN[C@H](C)c2ccccc2)cc1-c1ccc2c(c1)OCCO2. The van der Waals surface area contributed by atoms with Crippen molar-refractivity contribution in [3.63, 3.8) is 0 Å². The van der Waals surface area contributed by atoms with E-state index in [2.05, 4.69) is 54.7 Å². The van der Waals surface area contributed by atoms with Crippen LogP contribution in [0.2, 0.25) is 0 Å². The molecule has 0 aliphatic carbocycles. The smallest absolute Gasteiger partial charge is 0.161 e. The van der Waals surface area contributed by atoms with Crippen LogP contribution in [0.4, 0.5) is 0 Å². The van der Waals surface area contributed by atoms with Gasteiger partial charge < -0.3 is 19.5 Å². The van der Waals surface area contributed by atoms with Gasteiger partial charge in [0.2, 0.25) is 0 Å². The van der Waals surface area contributed by atoms with E-state index in [9.17, 15) is 0 Å². The van der Waals surface area contributed by atoms with Gasteiger partial charge in [0.15, 0.2) is 11.5 Å². The molecular weight excluding hydrogens is 350 g/mol. The zero-order chi connectivity index (χ0) is 19.3. The number of benzene rings is 3. The Balaban J connectivity index is 1.56. The van der Waals surface area contributed by atoms with Gasteiger partial charge in [0.1, 0.15) is 19.0 Å². The second-order valence-electron chi connectivity index (χ2n) is 6.91. The molecule has 0 saturated carbocycles. The minimum absolute atomic E-state index is 0.279. The minimum atomic E-state index is 0.279. The molecule has 0 bridgehead atoms. The molecule has 0 unspecified atom stereocenters. The van der Waals surface area contributed by atoms with Crippen LogP contribution < -0.4 is 19.5 Å². The van der Waals surface area contributed by atoms with Crippen LogP contribution in [0.15, 0.2) is 66.7 Å². The fraction of sp³-hybridized carbons (Fsp3) is 0.250. The van der Waals surface area contributed by atoms with Gasteiger partial charge in [-0.25, -0.2) is 0 Å². The van der Waals surface area contributed by atoms with E-state index in [1.54, 1.807) is 7.11 Å². The molecule has 0 saturated heterocycles. The van der Waals surface area contributed by atoms with Crippen molar-refractivity contribution in [1.82, 2.24) is 5.32 Å². The Bertz CT molecular complexity index is 940. The van der Waals surface area contributed by atoms with E-state index < -0.39 is 0 Å². The number of hydrogen-bond donors (Lipinski definition) is 1. The zero-order valence-electron chi connectivity index (χ0n) is 16.3. The Kier molecular flexibility index (Phi) is 5.49. The molecule has 4 rings (SSSR count). The molecule has 3 aromatic rings. The number of ether oxygens (including phenoxy) is 3. The number of rotatable bonds is 6. The van der Waals surface area contributed by atoms with Gasteiger partial charge in [0.05, 0.1) is 7.11 Å². The molecule has 144 valence electrons. The Morgan fingerprint density at radius 2 is 1.71 bits per heavy atom. The first kappa shape index (κ1) is 18.4. The van der Waals surface area contributed by atoms with E-state index in [1.807, 2.05) is 24.3 Å². The molecule has 0 amide bonds. The topological polar surface area (TPSA) is 39.7 Å². The predicted octanol–water partition coefficient (Wildman–Crippen LogP) is 4.98. The first-order chi connectivity index (χ1) is 13.7. The summed E-state index contributed by atoms with van der Waals surface area (Å²) in [7, 11) is 1.70. The van der Waals surface area contributed by atoms with E-state index in [-0.39, 0.29) is 6.04 Å². The van der Waals surface area contributed by atoms with Gasteiger partial charge in [-0.3, -0.25) is 0 Å². The van der Waals surface area contributed by atoms with Crippen LogP contribution in [0.1, 0.15) is 24.1 Å². The average molecular weight is 375 g/mol. The number of fused-ring (bicyclic) bond motifs is 1. The summed E-state index contributed by atoms with van der Waals surface area (Å²) in [6, 6.07) is 23.1. The lowest BCUT2D eigenvalue weighted by Crippen LogP contribution is -2.18. The van der Waals surface area contributed by atoms with E-state index >= 15 is 0 Å². The predicted molar refractivity (Wildman–Crippen MR) is 111 cm³/mol. The average Bonchev–Trinajstić information content (AvgIpc) is 2.77. The molecule has 0 radical (unpaired) electrons. The lowest BCUT2D eigenvalue weighted by molar-refractivity contribution is 0.171. The van der Waals surface area contributed by atoms with Crippen LogP contribution in [-0.2, 0) is 6.54 Å². The van der Waals surface area contributed by atoms with Gasteiger partial charge in [-0.1, -0.05) is 42.5 Å². The van der Waals surface area contributed by atoms with Crippen molar-refractivity contribution in [3.05, 3.63) is 77.9 Å². The van der Waals surface area contributed by atoms with Gasteiger partial charge in [-0.15, -0.1) is 0 Å². The summed E-state index contributed by atoms with van der Waals surface area (Å²) in [6.07, 6.45) is 0. The highest BCUT2D eigenvalue weighted by molar-refractivity contribution is 5.73. The summed E-state index contributed by atoms with van der Waals surface area (Å²) in [4.78, 5) is 0. The summed E-state index contributed by atoms with van der Waals surface area (Å²) >= 11 is 0. The van der Waals surface area contributed by atoms with Crippen LogP contribution >= 0.6 is 0 Å². The van der Waals surface area contributed by atoms with Gasteiger partial charge in [0, 0.05) is 18.2 Å². The molecular formula is C24H25NO3. The summed E-state index contributed by atoms with van der Waals surface area (Å²) in [5.41, 5.74) is 4.58. The fourth-order valence-corrected chi connectivity index (χ4v) is 3.43. The quantitative estimate of drug-likeness (QED) is 0.659. The Morgan fingerprint density at radius 3 is 2.50 bits per heavy atom. The van der Waals surface area contributed by atoms with Crippen LogP contribution in [0.5, 0.6) is 17.2 Å². The molecule has 4 heteroatoms. The van der Waals surface area contributed by atoms with E-state index in [0.29, 0.717) is 13.2 Å². The van der Waals surface area contributed by atoms with Crippen molar-refractivity contribution in [3.8, 4) is 28.4 Å². The maximum absolute atomic E-state index is 5.74. The standard InChI is InChI=1S/C24H25NO3/c1-17(19-6-4-3-5-7-19)25-16-18-8-10-22(26-2)21(14-18)20-9-11-23-24(15-20)28-13-12-27-23/h3-11,14-15,17,25H,12-13,16H2,1-2H3/t17-/m1/s1. The normalized spacial score (nSPS) is 13.8. The Hall–Kier alpha value is -2.98. The third kappa shape index (κ3) is 3.97. The fourth-order valence-electron chi connectivity index (χ4n) is 3.43. The molecule has 1 aliphatic heterocycles. The number of hydrogen-bond acceptors (Lipinski definition) is 4. The lowest BCUT2D eigenvalue weighted by Gasteiger charge is -2.20. The van der Waals surface area contributed by atoms with Crippen LogP contribution in [-0.4, -0.2) is 20.3 Å². The molecule has 4 nitrogen and oxygen atoms in total. The van der Waals surface area contributed by atoms with Crippen LogP contribution in [0, 0.1) is 0 Å². The van der Waals surface area contributed by atoms with Gasteiger partial charge in [-0.2, -0.15) is 0 Å². The van der Waals surface area contributed by atoms with Gasteiger partial charge in [0.25, 0.3) is 0 Å². The van der Waals surface area contributed by atoms with Gasteiger partial charge in [-0.05, 0) is 47.9 Å². The second kappa shape index (κ2) is 8.36. The molecule has 1 atom stereocenters. The van der Waals surface area contributed by atoms with Crippen molar-refractivity contribution in [2.45, 2.75) is 19.5 Å². The van der Waals surface area contributed by atoms with E-state index in [4.69, 9.17) is 14.2 Å². The van der Waals surface area contributed by atoms with Crippen molar-refractivity contribution < 1.29 is 14.2 Å². The van der Waals surface area contributed by atoms with Crippen LogP contribution in [0.3, 0.4) is 0 Å². The molecule has 0 fully saturated rings. The number of methoxy groups -OCH3 is 1. The Morgan fingerprint density at radius 1 is 0.929 bits per heavy atom. The van der Waals surface area contributed by atoms with Gasteiger partial charge >= 0.3 is 0 Å². The lowest BCUT2D eigenvalue weighted by atomic mass is 10.0. The maximum atomic E-state index is 5.74. The molecule has 0 spiro atoms. The molecule has 1 aliphatic rings. The summed E-state index contributed by atoms with van der Waals surface area (Å²) in [6.45, 7) is 4.13. The highest BCUT2D eigenvalue weighted by Gasteiger charge is 2.15. The van der Waals surface area contributed by atoms with Crippen molar-refractivity contribution in [2.24, 2.45) is 0 Å². The van der Waals surface area contributed by atoms with Crippen molar-refractivity contribution in [2.75, 3.05) is 20.3 Å². The summed E-state index contributed by atoms with van der Waals surface area (Å²) < 4.78 is 17.0. The van der Waals surface area contributed by atoms with Crippen molar-refractivity contribution >= 4 is 0 Å². The number of nitrogens with one attached hydrogen (secondary N) is 1. The third-order valence-electron chi connectivity index (χ3n) is 5.03. The first-order valence-electron chi connectivity index (χ1n) is 9.60. The summed E-state index contributed by atoms with van der Waals surface area (Å²) in [5.74, 6) is 2.42. The maximum Gasteiger partial charge on any atom is 0.161 e. The minimum Gasteiger partial charge on any atom is -0.496 e. The highest BCUT2D eigenvalue weighted by atomic mass is 16.6. The van der Waals surface area contributed by atoms with E-state index in [1.165, 1.54) is 11.1 Å². The Labute approximate surface area is 166 Å². The summed E-state index contributed by atoms with van der Waals surface area (Å²) in [5, 5.41) is 3.60. The van der Waals surface area contributed by atoms with E-state index in [0.717, 1.165) is 34.9 Å².